The van der Waals surface area contributed by atoms with Crippen LogP contribution in [0, 0.1) is 5.41 Å². The van der Waals surface area contributed by atoms with Gasteiger partial charge in [0.05, 0.1) is 0 Å². The fraction of sp³-hybridized carbons (Fsp3) is 1.00. The second-order valence-electron chi connectivity index (χ2n) is 6.19. The molecule has 0 aromatic rings. The summed E-state index contributed by atoms with van der Waals surface area (Å²) in [6.07, 6.45) is 11.6. The van der Waals surface area contributed by atoms with Crippen molar-refractivity contribution in [3.63, 3.8) is 0 Å². The number of nitrogens with zero attached hydrogens (tertiary/aromatic N) is 1. The average Bonchev–Trinajstić information content (AvgIpc) is 2.73. The Labute approximate surface area is 107 Å². The van der Waals surface area contributed by atoms with Gasteiger partial charge in [-0.25, -0.2) is 0 Å². The van der Waals surface area contributed by atoms with Crippen LogP contribution in [-0.4, -0.2) is 37.6 Å². The van der Waals surface area contributed by atoms with Crippen LogP contribution < -0.4 is 5.32 Å². The van der Waals surface area contributed by atoms with Gasteiger partial charge < -0.3 is 10.2 Å². The third-order valence-electron chi connectivity index (χ3n) is 4.74. The molecule has 0 unspecified atom stereocenters. The van der Waals surface area contributed by atoms with E-state index in [0.29, 0.717) is 0 Å². The van der Waals surface area contributed by atoms with Gasteiger partial charge in [0.1, 0.15) is 0 Å². The standard InChI is InChI=1S/C15H30N2/c1-2-3-10-16-11-13-17-12-9-15(14-17)7-5-4-6-8-15/h16H,2-14H2,1H3. The number of unbranched alkanes of at least 4 members (excludes halogenated alkanes) is 1. The van der Waals surface area contributed by atoms with Crippen molar-refractivity contribution in [2.45, 2.75) is 58.3 Å². The first-order chi connectivity index (χ1) is 8.35. The Hall–Kier alpha value is -0.0800. The Morgan fingerprint density at radius 3 is 2.65 bits per heavy atom. The average molecular weight is 238 g/mol. The van der Waals surface area contributed by atoms with Gasteiger partial charge in [0.15, 0.2) is 0 Å². The molecular weight excluding hydrogens is 208 g/mol. The summed E-state index contributed by atoms with van der Waals surface area (Å²) >= 11 is 0. The van der Waals surface area contributed by atoms with Crippen LogP contribution in [0.5, 0.6) is 0 Å². The Bertz CT molecular complexity index is 209. The molecule has 1 N–H and O–H groups in total. The largest absolute Gasteiger partial charge is 0.315 e. The lowest BCUT2D eigenvalue weighted by Crippen LogP contribution is -2.34. The van der Waals surface area contributed by atoms with Crippen molar-refractivity contribution >= 4 is 0 Å². The van der Waals surface area contributed by atoms with E-state index in [-0.39, 0.29) is 0 Å². The van der Waals surface area contributed by atoms with Crippen LogP contribution in [0.4, 0.5) is 0 Å². The molecule has 1 saturated carbocycles. The smallest absolute Gasteiger partial charge is 0.0107 e. The van der Waals surface area contributed by atoms with Crippen molar-refractivity contribution < 1.29 is 0 Å². The van der Waals surface area contributed by atoms with Crippen LogP contribution in [0.3, 0.4) is 0 Å². The highest BCUT2D eigenvalue weighted by Crippen LogP contribution is 2.43. The SMILES string of the molecule is CCCCNCCN1CCC2(CCCCC2)C1. The molecule has 2 rings (SSSR count). The summed E-state index contributed by atoms with van der Waals surface area (Å²) in [7, 11) is 0. The van der Waals surface area contributed by atoms with Crippen LogP contribution in [0.2, 0.25) is 0 Å². The summed E-state index contributed by atoms with van der Waals surface area (Å²) in [5.74, 6) is 0. The lowest BCUT2D eigenvalue weighted by molar-refractivity contribution is 0.186. The molecule has 0 atom stereocenters. The minimum Gasteiger partial charge on any atom is -0.315 e. The number of hydrogen-bond donors (Lipinski definition) is 1. The molecule has 1 saturated heterocycles. The maximum atomic E-state index is 3.56. The normalized spacial score (nSPS) is 24.5. The van der Waals surface area contributed by atoms with Crippen molar-refractivity contribution in [1.29, 1.82) is 0 Å². The van der Waals surface area contributed by atoms with Crippen molar-refractivity contribution in [2.75, 3.05) is 32.7 Å². The first-order valence-electron chi connectivity index (χ1n) is 7.78. The summed E-state index contributed by atoms with van der Waals surface area (Å²) in [5.41, 5.74) is 0.738. The zero-order valence-electron chi connectivity index (χ0n) is 11.6. The van der Waals surface area contributed by atoms with Crippen LogP contribution in [0.25, 0.3) is 0 Å². The molecule has 2 fully saturated rings. The molecule has 0 radical (unpaired) electrons. The Morgan fingerprint density at radius 2 is 1.88 bits per heavy atom. The lowest BCUT2D eigenvalue weighted by atomic mass is 9.73. The molecular formula is C15H30N2. The zero-order valence-corrected chi connectivity index (χ0v) is 11.6. The second kappa shape index (κ2) is 6.75. The molecule has 2 nitrogen and oxygen atoms in total. The van der Waals surface area contributed by atoms with Crippen molar-refractivity contribution in [3.8, 4) is 0 Å². The molecule has 0 aromatic carbocycles. The maximum Gasteiger partial charge on any atom is 0.0107 e. The van der Waals surface area contributed by atoms with Crippen LogP contribution in [-0.2, 0) is 0 Å². The van der Waals surface area contributed by atoms with Gasteiger partial charge in [-0.05, 0) is 44.2 Å². The number of hydrogen-bond acceptors (Lipinski definition) is 2. The van der Waals surface area contributed by atoms with Gasteiger partial charge in [0.25, 0.3) is 0 Å². The first-order valence-corrected chi connectivity index (χ1v) is 7.78. The third-order valence-corrected chi connectivity index (χ3v) is 4.74. The Morgan fingerprint density at radius 1 is 1.06 bits per heavy atom. The Balaban J connectivity index is 1.60. The topological polar surface area (TPSA) is 15.3 Å². The van der Waals surface area contributed by atoms with Crippen molar-refractivity contribution in [3.05, 3.63) is 0 Å². The van der Waals surface area contributed by atoms with E-state index >= 15 is 0 Å². The van der Waals surface area contributed by atoms with Gasteiger partial charge in [0, 0.05) is 19.6 Å². The summed E-state index contributed by atoms with van der Waals surface area (Å²) < 4.78 is 0. The summed E-state index contributed by atoms with van der Waals surface area (Å²) in [5, 5.41) is 3.56. The molecule has 1 heterocycles. The van der Waals surface area contributed by atoms with Gasteiger partial charge in [-0.1, -0.05) is 32.6 Å². The monoisotopic (exact) mass is 238 g/mol. The predicted molar refractivity (Wildman–Crippen MR) is 74.4 cm³/mol. The molecule has 2 aliphatic rings. The summed E-state index contributed by atoms with van der Waals surface area (Å²) in [6, 6.07) is 0. The summed E-state index contributed by atoms with van der Waals surface area (Å²) in [4.78, 5) is 2.70. The molecule has 0 amide bonds. The van der Waals surface area contributed by atoms with E-state index < -0.39 is 0 Å². The molecule has 100 valence electrons. The maximum absolute atomic E-state index is 3.56. The minimum atomic E-state index is 0.738. The van der Waals surface area contributed by atoms with E-state index in [0.717, 1.165) is 5.41 Å². The molecule has 17 heavy (non-hydrogen) atoms. The zero-order chi connectivity index (χ0) is 12.0. The van der Waals surface area contributed by atoms with E-state index in [1.54, 1.807) is 0 Å². The third kappa shape index (κ3) is 3.96. The molecule has 0 aromatic heterocycles. The highest BCUT2D eigenvalue weighted by molar-refractivity contribution is 4.91. The summed E-state index contributed by atoms with van der Waals surface area (Å²) in [6.45, 7) is 8.67. The molecule has 1 aliphatic carbocycles. The van der Waals surface area contributed by atoms with E-state index in [1.807, 2.05) is 0 Å². The van der Waals surface area contributed by atoms with Gasteiger partial charge in [-0.3, -0.25) is 0 Å². The van der Waals surface area contributed by atoms with Gasteiger partial charge >= 0.3 is 0 Å². The fourth-order valence-corrected chi connectivity index (χ4v) is 3.59. The van der Waals surface area contributed by atoms with E-state index in [2.05, 4.69) is 17.1 Å². The van der Waals surface area contributed by atoms with Gasteiger partial charge in [-0.2, -0.15) is 0 Å². The molecule has 2 heteroatoms. The highest BCUT2D eigenvalue weighted by atomic mass is 15.2. The molecule has 1 spiro atoms. The van der Waals surface area contributed by atoms with Crippen LogP contribution in [0.15, 0.2) is 0 Å². The highest BCUT2D eigenvalue weighted by Gasteiger charge is 2.38. The predicted octanol–water partition coefficient (Wildman–Crippen LogP) is 3.03. The molecule has 0 bridgehead atoms. The van der Waals surface area contributed by atoms with Gasteiger partial charge in [-0.15, -0.1) is 0 Å². The van der Waals surface area contributed by atoms with Crippen LogP contribution >= 0.6 is 0 Å². The van der Waals surface area contributed by atoms with E-state index in [9.17, 15) is 0 Å². The molecule has 1 aliphatic heterocycles. The Kier molecular flexibility index (Phi) is 5.30. The van der Waals surface area contributed by atoms with Gasteiger partial charge in [0.2, 0.25) is 0 Å². The quantitative estimate of drug-likeness (QED) is 0.716. The van der Waals surface area contributed by atoms with E-state index in [4.69, 9.17) is 0 Å². The number of likely N-dealkylation sites (tertiary alicyclic amines) is 1. The number of rotatable bonds is 6. The van der Waals surface area contributed by atoms with Crippen molar-refractivity contribution in [1.82, 2.24) is 10.2 Å². The number of nitrogens with one attached hydrogen (secondary N) is 1. The second-order valence-corrected chi connectivity index (χ2v) is 6.19. The lowest BCUT2D eigenvalue weighted by Gasteiger charge is -2.33. The van der Waals surface area contributed by atoms with E-state index in [1.165, 1.54) is 84.1 Å². The first kappa shape index (κ1) is 13.4. The van der Waals surface area contributed by atoms with Crippen molar-refractivity contribution in [2.24, 2.45) is 5.41 Å². The minimum absolute atomic E-state index is 0.738. The fourth-order valence-electron chi connectivity index (χ4n) is 3.59. The van der Waals surface area contributed by atoms with Crippen LogP contribution in [0.1, 0.15) is 58.3 Å².